The molecule has 9 nitrogen and oxygen atoms in total. The van der Waals surface area contributed by atoms with Crippen LogP contribution in [0, 0.1) is 10.1 Å². The van der Waals surface area contributed by atoms with E-state index in [0.29, 0.717) is 26.4 Å². The molecule has 0 amide bonds. The minimum atomic E-state index is -1.27. The normalized spacial score (nSPS) is 10.2. The van der Waals surface area contributed by atoms with Crippen LogP contribution in [0.25, 0.3) is 0 Å². The number of carboxylic acids is 1. The molecule has 0 spiro atoms. The Morgan fingerprint density at radius 3 is 2.85 bits per heavy atom. The number of ether oxygens (including phenoxy) is 2. The Morgan fingerprint density at radius 1 is 1.50 bits per heavy atom. The average molecular weight is 285 g/mol. The summed E-state index contributed by atoms with van der Waals surface area (Å²) in [6.07, 6.45) is 1.06. The van der Waals surface area contributed by atoms with E-state index in [-0.39, 0.29) is 17.1 Å². The summed E-state index contributed by atoms with van der Waals surface area (Å²) in [7, 11) is 1.55. The number of nitro groups is 1. The number of anilines is 1. The smallest absolute Gasteiger partial charge is 0.337 e. The predicted molar refractivity (Wildman–Crippen MR) is 69.0 cm³/mol. The minimum Gasteiger partial charge on any atom is -0.478 e. The second-order valence-corrected chi connectivity index (χ2v) is 3.69. The lowest BCUT2D eigenvalue weighted by Gasteiger charge is -2.07. The Hall–Kier alpha value is -2.26. The van der Waals surface area contributed by atoms with Crippen molar-refractivity contribution in [1.29, 1.82) is 0 Å². The van der Waals surface area contributed by atoms with Crippen LogP contribution >= 0.6 is 0 Å². The van der Waals surface area contributed by atoms with Gasteiger partial charge in [0.1, 0.15) is 0 Å². The van der Waals surface area contributed by atoms with Gasteiger partial charge in [0.05, 0.1) is 30.3 Å². The van der Waals surface area contributed by atoms with E-state index < -0.39 is 10.9 Å². The fourth-order valence-electron chi connectivity index (χ4n) is 1.33. The van der Waals surface area contributed by atoms with Crippen molar-refractivity contribution in [2.24, 2.45) is 0 Å². The molecule has 0 aromatic carbocycles. The first kappa shape index (κ1) is 15.8. The molecule has 0 fully saturated rings. The van der Waals surface area contributed by atoms with Gasteiger partial charge in [-0.25, -0.2) is 9.78 Å². The minimum absolute atomic E-state index is 0.00958. The molecule has 0 atom stereocenters. The highest BCUT2D eigenvalue weighted by atomic mass is 16.6. The summed E-state index contributed by atoms with van der Waals surface area (Å²) in [5, 5.41) is 22.3. The number of carboxylic acid groups (broad SMARTS) is 1. The molecule has 0 bridgehead atoms. The molecule has 1 aromatic heterocycles. The van der Waals surface area contributed by atoms with Gasteiger partial charge in [-0.3, -0.25) is 10.1 Å². The van der Waals surface area contributed by atoms with E-state index in [4.69, 9.17) is 14.6 Å². The van der Waals surface area contributed by atoms with Crippen LogP contribution in [-0.2, 0) is 9.47 Å². The van der Waals surface area contributed by atoms with Gasteiger partial charge in [0.25, 0.3) is 0 Å². The number of pyridine rings is 1. The first-order valence-electron chi connectivity index (χ1n) is 5.74. The van der Waals surface area contributed by atoms with Gasteiger partial charge in [-0.05, 0) is 0 Å². The number of nitrogens with zero attached hydrogens (tertiary/aromatic N) is 2. The predicted octanol–water partition coefficient (Wildman–Crippen LogP) is 0.763. The number of nitrogens with one attached hydrogen (secondary N) is 1. The summed E-state index contributed by atoms with van der Waals surface area (Å²) in [6.45, 7) is 1.52. The lowest BCUT2D eigenvalue weighted by Crippen LogP contribution is -2.14. The largest absolute Gasteiger partial charge is 0.478 e. The highest BCUT2D eigenvalue weighted by molar-refractivity contribution is 5.88. The van der Waals surface area contributed by atoms with Gasteiger partial charge in [-0.2, -0.15) is 0 Å². The summed E-state index contributed by atoms with van der Waals surface area (Å²) in [6, 6.07) is 0.962. The third kappa shape index (κ3) is 4.78. The van der Waals surface area contributed by atoms with E-state index in [1.54, 1.807) is 7.11 Å². The van der Waals surface area contributed by atoms with Crippen LogP contribution in [0.3, 0.4) is 0 Å². The first-order valence-corrected chi connectivity index (χ1v) is 5.74. The summed E-state index contributed by atoms with van der Waals surface area (Å²) in [5.74, 6) is -1.26. The van der Waals surface area contributed by atoms with Crippen molar-refractivity contribution in [1.82, 2.24) is 4.98 Å². The Bertz CT molecular complexity index is 479. The summed E-state index contributed by atoms with van der Waals surface area (Å²) >= 11 is 0. The summed E-state index contributed by atoms with van der Waals surface area (Å²) < 4.78 is 9.97. The van der Waals surface area contributed by atoms with Crippen LogP contribution in [-0.4, -0.2) is 54.5 Å². The fourth-order valence-corrected chi connectivity index (χ4v) is 1.33. The molecule has 1 heterocycles. The second-order valence-electron chi connectivity index (χ2n) is 3.69. The Morgan fingerprint density at radius 2 is 2.25 bits per heavy atom. The number of aromatic carboxylic acids is 1. The molecule has 0 radical (unpaired) electrons. The highest BCUT2D eigenvalue weighted by Crippen LogP contribution is 2.22. The number of carbonyl (C=O) groups is 1. The molecule has 9 heteroatoms. The monoisotopic (exact) mass is 285 g/mol. The molecule has 0 aliphatic heterocycles. The molecule has 1 aromatic rings. The SMILES string of the molecule is COCCOCCNc1ncc(C(=O)O)cc1[N+](=O)[O-]. The zero-order chi connectivity index (χ0) is 15.0. The Labute approximate surface area is 114 Å². The van der Waals surface area contributed by atoms with E-state index >= 15 is 0 Å². The highest BCUT2D eigenvalue weighted by Gasteiger charge is 2.18. The van der Waals surface area contributed by atoms with E-state index in [1.165, 1.54) is 0 Å². The summed E-state index contributed by atoms with van der Waals surface area (Å²) in [5.41, 5.74) is -0.625. The van der Waals surface area contributed by atoms with Gasteiger partial charge >= 0.3 is 11.7 Å². The van der Waals surface area contributed by atoms with Crippen molar-refractivity contribution in [3.63, 3.8) is 0 Å². The van der Waals surface area contributed by atoms with Gasteiger partial charge in [-0.1, -0.05) is 0 Å². The molecule has 0 aliphatic rings. The van der Waals surface area contributed by atoms with Gasteiger partial charge in [0, 0.05) is 25.9 Å². The molecule has 1 rings (SSSR count). The average Bonchev–Trinajstić information content (AvgIpc) is 2.42. The summed E-state index contributed by atoms with van der Waals surface area (Å²) in [4.78, 5) is 24.6. The van der Waals surface area contributed by atoms with Crippen molar-refractivity contribution >= 4 is 17.5 Å². The maximum Gasteiger partial charge on any atom is 0.337 e. The molecule has 0 aliphatic carbocycles. The van der Waals surface area contributed by atoms with Crippen molar-refractivity contribution < 1.29 is 24.3 Å². The van der Waals surface area contributed by atoms with Crippen molar-refractivity contribution in [3.05, 3.63) is 27.9 Å². The van der Waals surface area contributed by atoms with Crippen molar-refractivity contribution in [3.8, 4) is 0 Å². The lowest BCUT2D eigenvalue weighted by atomic mass is 10.2. The number of aromatic nitrogens is 1. The van der Waals surface area contributed by atoms with E-state index in [2.05, 4.69) is 10.3 Å². The molecule has 110 valence electrons. The number of rotatable bonds is 9. The van der Waals surface area contributed by atoms with Crippen LogP contribution in [0.1, 0.15) is 10.4 Å². The molecular weight excluding hydrogens is 270 g/mol. The van der Waals surface area contributed by atoms with Crippen LogP contribution in [0.15, 0.2) is 12.3 Å². The van der Waals surface area contributed by atoms with E-state index in [1.807, 2.05) is 0 Å². The molecule has 0 saturated heterocycles. The third-order valence-electron chi connectivity index (χ3n) is 2.28. The topological polar surface area (TPSA) is 124 Å². The van der Waals surface area contributed by atoms with Gasteiger partial charge in [-0.15, -0.1) is 0 Å². The first-order chi connectivity index (χ1) is 9.56. The number of methoxy groups -OCH3 is 1. The van der Waals surface area contributed by atoms with Crippen LogP contribution < -0.4 is 5.32 Å². The zero-order valence-electron chi connectivity index (χ0n) is 10.9. The van der Waals surface area contributed by atoms with Crippen molar-refractivity contribution in [2.75, 3.05) is 38.8 Å². The Kier molecular flexibility index (Phi) is 6.33. The van der Waals surface area contributed by atoms with Gasteiger partial charge in [0.15, 0.2) is 0 Å². The number of hydrogen-bond acceptors (Lipinski definition) is 7. The second kappa shape index (κ2) is 8.02. The standard InChI is InChI=1S/C11H15N3O6/c1-19-4-5-20-3-2-12-10-9(14(17)18)6-8(7-13-10)11(15)16/h6-7H,2-5H2,1H3,(H,12,13)(H,15,16). The molecule has 20 heavy (non-hydrogen) atoms. The zero-order valence-corrected chi connectivity index (χ0v) is 10.9. The Balaban J connectivity index is 2.60. The van der Waals surface area contributed by atoms with Gasteiger partial charge < -0.3 is 19.9 Å². The van der Waals surface area contributed by atoms with Crippen LogP contribution in [0.2, 0.25) is 0 Å². The fraction of sp³-hybridized carbons (Fsp3) is 0.455. The van der Waals surface area contributed by atoms with E-state index in [9.17, 15) is 14.9 Å². The maximum absolute atomic E-state index is 10.9. The van der Waals surface area contributed by atoms with Crippen LogP contribution in [0.5, 0.6) is 0 Å². The van der Waals surface area contributed by atoms with Crippen LogP contribution in [0.4, 0.5) is 11.5 Å². The van der Waals surface area contributed by atoms with Gasteiger partial charge in [0.2, 0.25) is 5.82 Å². The molecular formula is C11H15N3O6. The molecule has 0 saturated carbocycles. The third-order valence-corrected chi connectivity index (χ3v) is 2.28. The quantitative estimate of drug-likeness (QED) is 0.387. The maximum atomic E-state index is 10.9. The lowest BCUT2D eigenvalue weighted by molar-refractivity contribution is -0.384. The van der Waals surface area contributed by atoms with Crippen molar-refractivity contribution in [2.45, 2.75) is 0 Å². The number of hydrogen-bond donors (Lipinski definition) is 2. The molecule has 2 N–H and O–H groups in total. The molecule has 0 unspecified atom stereocenters. The van der Waals surface area contributed by atoms with E-state index in [0.717, 1.165) is 12.3 Å².